The summed E-state index contributed by atoms with van der Waals surface area (Å²) in [6.45, 7) is 3.70. The standard InChI is InChI=1S/C14H16N4O/c1-2-18-8-7-16-14(18)11-17-12-4-3-5-13(10-12)19-9-6-15/h3-5,7-8,10,17H,2,9,11H2,1H3. The maximum Gasteiger partial charge on any atom is 0.174 e. The Labute approximate surface area is 112 Å². The van der Waals surface area contributed by atoms with Crippen LogP contribution in [0.2, 0.25) is 0 Å². The number of hydrogen-bond donors (Lipinski definition) is 1. The van der Waals surface area contributed by atoms with Crippen LogP contribution < -0.4 is 10.1 Å². The van der Waals surface area contributed by atoms with E-state index < -0.39 is 0 Å². The van der Waals surface area contributed by atoms with E-state index in [4.69, 9.17) is 10.00 Å². The van der Waals surface area contributed by atoms with Gasteiger partial charge < -0.3 is 14.6 Å². The summed E-state index contributed by atoms with van der Waals surface area (Å²) in [7, 11) is 0. The van der Waals surface area contributed by atoms with Gasteiger partial charge in [0.1, 0.15) is 17.6 Å². The fraction of sp³-hybridized carbons (Fsp3) is 0.286. The monoisotopic (exact) mass is 256 g/mol. The van der Waals surface area contributed by atoms with Gasteiger partial charge in [-0.1, -0.05) is 6.07 Å². The van der Waals surface area contributed by atoms with E-state index in [1.807, 2.05) is 36.5 Å². The smallest absolute Gasteiger partial charge is 0.174 e. The highest BCUT2D eigenvalue weighted by Crippen LogP contribution is 2.17. The number of nitriles is 1. The number of aromatic nitrogens is 2. The van der Waals surface area contributed by atoms with Crippen molar-refractivity contribution in [3.63, 3.8) is 0 Å². The van der Waals surface area contributed by atoms with Gasteiger partial charge in [0.25, 0.3) is 0 Å². The number of aryl methyl sites for hydroxylation is 1. The Morgan fingerprint density at radius 1 is 1.47 bits per heavy atom. The molecule has 2 aromatic rings. The molecule has 0 aliphatic rings. The minimum Gasteiger partial charge on any atom is -0.479 e. The molecule has 0 fully saturated rings. The van der Waals surface area contributed by atoms with Crippen LogP contribution in [-0.4, -0.2) is 16.2 Å². The summed E-state index contributed by atoms with van der Waals surface area (Å²) in [5.74, 6) is 1.68. The maximum atomic E-state index is 8.48. The number of rotatable bonds is 6. The fourth-order valence-corrected chi connectivity index (χ4v) is 1.79. The number of nitrogens with zero attached hydrogens (tertiary/aromatic N) is 3. The van der Waals surface area contributed by atoms with Crippen molar-refractivity contribution in [3.8, 4) is 11.8 Å². The second-order valence-electron chi connectivity index (χ2n) is 3.96. The van der Waals surface area contributed by atoms with Crippen LogP contribution in [0.25, 0.3) is 0 Å². The van der Waals surface area contributed by atoms with Gasteiger partial charge in [-0.15, -0.1) is 0 Å². The Hall–Kier alpha value is -2.48. The zero-order valence-electron chi connectivity index (χ0n) is 10.8. The second-order valence-corrected chi connectivity index (χ2v) is 3.96. The lowest BCUT2D eigenvalue weighted by atomic mass is 10.3. The molecular weight excluding hydrogens is 240 g/mol. The predicted molar refractivity (Wildman–Crippen MR) is 72.8 cm³/mol. The molecule has 5 nitrogen and oxygen atoms in total. The van der Waals surface area contributed by atoms with Crippen molar-refractivity contribution in [2.24, 2.45) is 0 Å². The summed E-state index contributed by atoms with van der Waals surface area (Å²) in [6.07, 6.45) is 3.76. The summed E-state index contributed by atoms with van der Waals surface area (Å²) in [5, 5.41) is 11.8. The minimum absolute atomic E-state index is 0.0592. The van der Waals surface area contributed by atoms with Crippen molar-refractivity contribution in [1.29, 1.82) is 5.26 Å². The third-order valence-electron chi connectivity index (χ3n) is 2.73. The highest BCUT2D eigenvalue weighted by atomic mass is 16.5. The van der Waals surface area contributed by atoms with Gasteiger partial charge in [-0.2, -0.15) is 5.26 Å². The first-order valence-corrected chi connectivity index (χ1v) is 6.17. The molecule has 19 heavy (non-hydrogen) atoms. The zero-order valence-corrected chi connectivity index (χ0v) is 10.8. The normalized spacial score (nSPS) is 9.89. The number of imidazole rings is 1. The van der Waals surface area contributed by atoms with E-state index in [0.29, 0.717) is 12.3 Å². The quantitative estimate of drug-likeness (QED) is 0.862. The van der Waals surface area contributed by atoms with Crippen molar-refractivity contribution in [2.45, 2.75) is 20.0 Å². The SMILES string of the molecule is CCn1ccnc1CNc1cccc(OCC#N)c1. The third-order valence-corrected chi connectivity index (χ3v) is 2.73. The van der Waals surface area contributed by atoms with E-state index in [-0.39, 0.29) is 6.61 Å². The highest BCUT2D eigenvalue weighted by Gasteiger charge is 2.01. The van der Waals surface area contributed by atoms with Gasteiger partial charge in [0, 0.05) is 30.7 Å². The first-order valence-electron chi connectivity index (χ1n) is 6.17. The van der Waals surface area contributed by atoms with Crippen molar-refractivity contribution in [1.82, 2.24) is 9.55 Å². The lowest BCUT2D eigenvalue weighted by Crippen LogP contribution is -2.07. The largest absolute Gasteiger partial charge is 0.479 e. The van der Waals surface area contributed by atoms with Crippen LogP contribution in [0.5, 0.6) is 5.75 Å². The van der Waals surface area contributed by atoms with Crippen LogP contribution in [0.15, 0.2) is 36.7 Å². The Morgan fingerprint density at radius 3 is 3.16 bits per heavy atom. The molecule has 0 saturated heterocycles. The van der Waals surface area contributed by atoms with Crippen molar-refractivity contribution in [3.05, 3.63) is 42.5 Å². The lowest BCUT2D eigenvalue weighted by molar-refractivity contribution is 0.368. The van der Waals surface area contributed by atoms with Crippen LogP contribution in [0.1, 0.15) is 12.7 Å². The predicted octanol–water partition coefficient (Wildman–Crippen LogP) is 2.42. The van der Waals surface area contributed by atoms with Crippen LogP contribution in [0, 0.1) is 11.3 Å². The van der Waals surface area contributed by atoms with Gasteiger partial charge in [0.15, 0.2) is 6.61 Å². The molecule has 5 heteroatoms. The third kappa shape index (κ3) is 3.49. The van der Waals surface area contributed by atoms with Gasteiger partial charge >= 0.3 is 0 Å². The zero-order chi connectivity index (χ0) is 13.5. The molecule has 98 valence electrons. The molecule has 1 N–H and O–H groups in total. The van der Waals surface area contributed by atoms with E-state index in [9.17, 15) is 0 Å². The van der Waals surface area contributed by atoms with Crippen molar-refractivity contribution < 1.29 is 4.74 Å². The Kier molecular flexibility index (Phi) is 4.40. The molecule has 0 radical (unpaired) electrons. The second kappa shape index (κ2) is 6.45. The topological polar surface area (TPSA) is 62.9 Å². The molecule has 0 aliphatic carbocycles. The van der Waals surface area contributed by atoms with E-state index >= 15 is 0 Å². The van der Waals surface area contributed by atoms with Crippen molar-refractivity contribution in [2.75, 3.05) is 11.9 Å². The molecule has 0 saturated carbocycles. The molecule has 0 unspecified atom stereocenters. The van der Waals surface area contributed by atoms with Crippen LogP contribution in [0.3, 0.4) is 0 Å². The number of hydrogen-bond acceptors (Lipinski definition) is 4. The van der Waals surface area contributed by atoms with Gasteiger partial charge in [0.2, 0.25) is 0 Å². The molecule has 1 aromatic carbocycles. The molecule has 2 rings (SSSR count). The summed E-state index contributed by atoms with van der Waals surface area (Å²) >= 11 is 0. The summed E-state index contributed by atoms with van der Waals surface area (Å²) in [4.78, 5) is 4.30. The van der Waals surface area contributed by atoms with Gasteiger partial charge in [-0.3, -0.25) is 0 Å². The minimum atomic E-state index is 0.0592. The average molecular weight is 256 g/mol. The Balaban J connectivity index is 1.98. The van der Waals surface area contributed by atoms with Crippen LogP contribution in [0.4, 0.5) is 5.69 Å². The Morgan fingerprint density at radius 2 is 2.37 bits per heavy atom. The number of benzene rings is 1. The number of nitrogens with one attached hydrogen (secondary N) is 1. The van der Waals surface area contributed by atoms with Gasteiger partial charge in [-0.25, -0.2) is 4.98 Å². The molecule has 1 heterocycles. The molecule has 0 spiro atoms. The van der Waals surface area contributed by atoms with Crippen LogP contribution in [-0.2, 0) is 13.1 Å². The summed E-state index contributed by atoms with van der Waals surface area (Å²) < 4.78 is 7.34. The summed E-state index contributed by atoms with van der Waals surface area (Å²) in [5.41, 5.74) is 0.945. The molecule has 1 aromatic heterocycles. The van der Waals surface area contributed by atoms with Gasteiger partial charge in [-0.05, 0) is 19.1 Å². The van der Waals surface area contributed by atoms with Crippen molar-refractivity contribution >= 4 is 5.69 Å². The molecule has 0 amide bonds. The Bertz CT molecular complexity index is 571. The molecular formula is C14H16N4O. The van der Waals surface area contributed by atoms with E-state index in [2.05, 4.69) is 21.8 Å². The molecule has 0 atom stereocenters. The molecule has 0 aliphatic heterocycles. The average Bonchev–Trinajstić information content (AvgIpc) is 2.91. The molecule has 0 bridgehead atoms. The maximum absolute atomic E-state index is 8.48. The van der Waals surface area contributed by atoms with Crippen LogP contribution >= 0.6 is 0 Å². The van der Waals surface area contributed by atoms with E-state index in [0.717, 1.165) is 18.1 Å². The fourth-order valence-electron chi connectivity index (χ4n) is 1.79. The lowest BCUT2D eigenvalue weighted by Gasteiger charge is -2.09. The first kappa shape index (κ1) is 13.0. The number of ether oxygens (including phenoxy) is 1. The first-order chi connectivity index (χ1) is 9.33. The summed E-state index contributed by atoms with van der Waals surface area (Å²) in [6, 6.07) is 9.50. The van der Waals surface area contributed by atoms with Gasteiger partial charge in [0.05, 0.1) is 6.54 Å². The highest BCUT2D eigenvalue weighted by molar-refractivity contribution is 5.48. The van der Waals surface area contributed by atoms with E-state index in [1.54, 1.807) is 6.20 Å². The van der Waals surface area contributed by atoms with E-state index in [1.165, 1.54) is 0 Å². The number of anilines is 1.